The van der Waals surface area contributed by atoms with Gasteiger partial charge in [-0.3, -0.25) is 9.59 Å². The average molecular weight is 399 g/mol. The summed E-state index contributed by atoms with van der Waals surface area (Å²) in [7, 11) is 0. The lowest BCUT2D eigenvalue weighted by atomic mass is 9.95. The molecule has 0 radical (unpaired) electrons. The summed E-state index contributed by atoms with van der Waals surface area (Å²) < 4.78 is 0. The molecular weight excluding hydrogens is 372 g/mol. The molecule has 1 saturated heterocycles. The van der Waals surface area contributed by atoms with Gasteiger partial charge in [0.05, 0.1) is 10.6 Å². The lowest BCUT2D eigenvalue weighted by Crippen LogP contribution is -2.41. The molecule has 1 heterocycles. The van der Waals surface area contributed by atoms with E-state index < -0.39 is 0 Å². The van der Waals surface area contributed by atoms with E-state index in [-0.39, 0.29) is 17.7 Å². The standard InChI is InChI=1S/C23H27ClN2O2/c1-2-3-6-17-9-11-19(12-10-17)25-22(27)18-13-15-26(16-14-18)23(28)20-7-4-5-8-21(20)24/h4-5,7-12,18H,2-3,6,13-16H2,1H3,(H,25,27). The first-order chi connectivity index (χ1) is 13.6. The zero-order valence-corrected chi connectivity index (χ0v) is 17.0. The van der Waals surface area contributed by atoms with Crippen LogP contribution in [0, 0.1) is 5.92 Å². The molecule has 1 aliphatic rings. The molecule has 2 aromatic carbocycles. The average Bonchev–Trinajstić information content (AvgIpc) is 2.73. The normalized spacial score (nSPS) is 14.7. The van der Waals surface area contributed by atoms with Crippen molar-refractivity contribution in [3.8, 4) is 0 Å². The van der Waals surface area contributed by atoms with Crippen LogP contribution >= 0.6 is 11.6 Å². The summed E-state index contributed by atoms with van der Waals surface area (Å²) in [6.07, 6.45) is 4.75. The summed E-state index contributed by atoms with van der Waals surface area (Å²) in [5.74, 6) is -0.103. The van der Waals surface area contributed by atoms with E-state index in [1.807, 2.05) is 24.3 Å². The van der Waals surface area contributed by atoms with Gasteiger partial charge in [0.2, 0.25) is 5.91 Å². The van der Waals surface area contributed by atoms with Crippen molar-refractivity contribution in [1.29, 1.82) is 0 Å². The third-order valence-electron chi connectivity index (χ3n) is 5.30. The fourth-order valence-corrected chi connectivity index (χ4v) is 3.75. The number of benzene rings is 2. The predicted molar refractivity (Wildman–Crippen MR) is 114 cm³/mol. The van der Waals surface area contributed by atoms with Gasteiger partial charge in [-0.1, -0.05) is 49.2 Å². The van der Waals surface area contributed by atoms with Crippen molar-refractivity contribution >= 4 is 29.1 Å². The lowest BCUT2D eigenvalue weighted by Gasteiger charge is -2.31. The number of carbonyl (C=O) groups is 2. The minimum atomic E-state index is -0.0740. The second kappa shape index (κ2) is 9.74. The second-order valence-corrected chi connectivity index (χ2v) is 7.74. The van der Waals surface area contributed by atoms with Crippen LogP contribution in [0.5, 0.6) is 0 Å². The van der Waals surface area contributed by atoms with Crippen molar-refractivity contribution in [2.24, 2.45) is 5.92 Å². The van der Waals surface area contributed by atoms with Crippen molar-refractivity contribution < 1.29 is 9.59 Å². The number of halogens is 1. The number of nitrogens with one attached hydrogen (secondary N) is 1. The van der Waals surface area contributed by atoms with Gasteiger partial charge in [-0.25, -0.2) is 0 Å². The maximum Gasteiger partial charge on any atom is 0.255 e. The zero-order valence-electron chi connectivity index (χ0n) is 16.3. The molecule has 2 aromatic rings. The molecule has 5 heteroatoms. The highest BCUT2D eigenvalue weighted by atomic mass is 35.5. The maximum absolute atomic E-state index is 12.6. The fourth-order valence-electron chi connectivity index (χ4n) is 3.53. The molecule has 1 aliphatic heterocycles. The number of aryl methyl sites for hydroxylation is 1. The quantitative estimate of drug-likeness (QED) is 0.729. The van der Waals surface area contributed by atoms with Gasteiger partial charge in [0.1, 0.15) is 0 Å². The van der Waals surface area contributed by atoms with E-state index in [1.54, 1.807) is 17.0 Å². The van der Waals surface area contributed by atoms with Gasteiger partial charge in [-0.15, -0.1) is 0 Å². The Bertz CT molecular complexity index is 812. The van der Waals surface area contributed by atoms with Crippen LogP contribution in [-0.4, -0.2) is 29.8 Å². The largest absolute Gasteiger partial charge is 0.339 e. The van der Waals surface area contributed by atoms with Gasteiger partial charge >= 0.3 is 0 Å². The number of carbonyl (C=O) groups excluding carboxylic acids is 2. The number of likely N-dealkylation sites (tertiary alicyclic amines) is 1. The molecule has 1 N–H and O–H groups in total. The van der Waals surface area contributed by atoms with E-state index in [4.69, 9.17) is 11.6 Å². The minimum absolute atomic E-state index is 0.0335. The summed E-state index contributed by atoms with van der Waals surface area (Å²) >= 11 is 6.14. The van der Waals surface area contributed by atoms with Gasteiger partial charge in [0.15, 0.2) is 0 Å². The molecule has 0 atom stereocenters. The molecule has 0 aromatic heterocycles. The van der Waals surface area contributed by atoms with Crippen molar-refractivity contribution in [3.05, 3.63) is 64.7 Å². The summed E-state index contributed by atoms with van der Waals surface area (Å²) in [5.41, 5.74) is 2.65. The molecule has 0 unspecified atom stereocenters. The highest BCUT2D eigenvalue weighted by molar-refractivity contribution is 6.33. The van der Waals surface area contributed by atoms with E-state index >= 15 is 0 Å². The van der Waals surface area contributed by atoms with Crippen molar-refractivity contribution in [1.82, 2.24) is 4.90 Å². The number of hydrogen-bond acceptors (Lipinski definition) is 2. The van der Waals surface area contributed by atoms with Crippen LogP contribution in [0.1, 0.15) is 48.5 Å². The number of unbranched alkanes of at least 4 members (excludes halogenated alkanes) is 1. The highest BCUT2D eigenvalue weighted by Gasteiger charge is 2.28. The summed E-state index contributed by atoms with van der Waals surface area (Å²) in [5, 5.41) is 3.48. The summed E-state index contributed by atoms with van der Waals surface area (Å²) in [6.45, 7) is 3.32. The number of rotatable bonds is 6. The van der Waals surface area contributed by atoms with Crippen LogP contribution in [0.3, 0.4) is 0 Å². The van der Waals surface area contributed by atoms with Crippen LogP contribution in [0.2, 0.25) is 5.02 Å². The Morgan fingerprint density at radius 2 is 1.75 bits per heavy atom. The summed E-state index contributed by atoms with van der Waals surface area (Å²) in [4.78, 5) is 27.0. The predicted octanol–water partition coefficient (Wildman–Crippen LogP) is 5.17. The molecule has 3 rings (SSSR count). The minimum Gasteiger partial charge on any atom is -0.339 e. The van der Waals surface area contributed by atoms with Crippen molar-refractivity contribution in [3.63, 3.8) is 0 Å². The third kappa shape index (κ3) is 5.14. The summed E-state index contributed by atoms with van der Waals surface area (Å²) in [6, 6.07) is 15.2. The van der Waals surface area contributed by atoms with E-state index in [1.165, 1.54) is 18.4 Å². The smallest absolute Gasteiger partial charge is 0.255 e. The zero-order chi connectivity index (χ0) is 19.9. The Kier molecular flexibility index (Phi) is 7.10. The second-order valence-electron chi connectivity index (χ2n) is 7.34. The van der Waals surface area contributed by atoms with Gasteiger partial charge in [0.25, 0.3) is 5.91 Å². The number of amides is 2. The fraction of sp³-hybridized carbons (Fsp3) is 0.391. The maximum atomic E-state index is 12.6. The first-order valence-electron chi connectivity index (χ1n) is 10.0. The number of hydrogen-bond donors (Lipinski definition) is 1. The van der Waals surface area contributed by atoms with E-state index in [9.17, 15) is 9.59 Å². The molecule has 148 valence electrons. The molecule has 0 saturated carbocycles. The molecular formula is C23H27ClN2O2. The van der Waals surface area contributed by atoms with E-state index in [2.05, 4.69) is 24.4 Å². The van der Waals surface area contributed by atoms with Crippen LogP contribution in [0.15, 0.2) is 48.5 Å². The number of piperidine rings is 1. The van der Waals surface area contributed by atoms with Gasteiger partial charge < -0.3 is 10.2 Å². The first kappa shape index (κ1) is 20.4. The Labute approximate surface area is 171 Å². The van der Waals surface area contributed by atoms with Crippen molar-refractivity contribution in [2.45, 2.75) is 39.0 Å². The topological polar surface area (TPSA) is 49.4 Å². The van der Waals surface area contributed by atoms with Crippen molar-refractivity contribution in [2.75, 3.05) is 18.4 Å². The Morgan fingerprint density at radius 1 is 1.07 bits per heavy atom. The molecule has 28 heavy (non-hydrogen) atoms. The van der Waals surface area contributed by atoms with Crippen LogP contribution in [-0.2, 0) is 11.2 Å². The molecule has 4 nitrogen and oxygen atoms in total. The SMILES string of the molecule is CCCCc1ccc(NC(=O)C2CCN(C(=O)c3ccccc3Cl)CC2)cc1. The van der Waals surface area contributed by atoms with E-state index in [0.717, 1.165) is 12.1 Å². The Balaban J connectivity index is 1.51. The van der Waals surface area contributed by atoms with Crippen LogP contribution < -0.4 is 5.32 Å². The van der Waals surface area contributed by atoms with Crippen LogP contribution in [0.4, 0.5) is 5.69 Å². The highest BCUT2D eigenvalue weighted by Crippen LogP contribution is 2.23. The van der Waals surface area contributed by atoms with Gasteiger partial charge in [-0.2, -0.15) is 0 Å². The van der Waals surface area contributed by atoms with E-state index in [0.29, 0.717) is 36.5 Å². The Morgan fingerprint density at radius 3 is 2.39 bits per heavy atom. The first-order valence-corrected chi connectivity index (χ1v) is 10.4. The molecule has 0 spiro atoms. The van der Waals surface area contributed by atoms with Gasteiger partial charge in [-0.05, 0) is 55.5 Å². The van der Waals surface area contributed by atoms with Gasteiger partial charge in [0, 0.05) is 24.7 Å². The third-order valence-corrected chi connectivity index (χ3v) is 5.63. The molecule has 1 fully saturated rings. The van der Waals surface area contributed by atoms with Crippen LogP contribution in [0.25, 0.3) is 0 Å². The Hall–Kier alpha value is -2.33. The number of anilines is 1. The molecule has 0 aliphatic carbocycles. The monoisotopic (exact) mass is 398 g/mol. The lowest BCUT2D eigenvalue weighted by molar-refractivity contribution is -0.121. The molecule has 2 amide bonds. The number of nitrogens with zero attached hydrogens (tertiary/aromatic N) is 1. The molecule has 0 bridgehead atoms.